The summed E-state index contributed by atoms with van der Waals surface area (Å²) < 4.78 is 11.3. The summed E-state index contributed by atoms with van der Waals surface area (Å²) in [5.74, 6) is 0.858. The molecule has 3 N–H and O–H groups in total. The topological polar surface area (TPSA) is 79.8 Å². The number of nitrogens with one attached hydrogen (secondary N) is 2. The first-order valence-electron chi connectivity index (χ1n) is 14.2. The van der Waals surface area contributed by atoms with Crippen molar-refractivity contribution < 1.29 is 19.4 Å². The SMILES string of the molecule is CCCCCCCCCCCCCCCCC(C)OCCNC(=O)NCCOc1ccc(O)cc1. The molecule has 0 heterocycles. The zero-order valence-corrected chi connectivity index (χ0v) is 22.5. The number of ether oxygens (including phenoxy) is 2. The molecule has 0 aliphatic carbocycles. The maximum absolute atomic E-state index is 11.8. The highest BCUT2D eigenvalue weighted by Gasteiger charge is 2.04. The number of unbranched alkanes of at least 4 members (excludes halogenated alkanes) is 13. The molecule has 1 aromatic rings. The molecule has 1 unspecified atom stereocenters. The van der Waals surface area contributed by atoms with E-state index in [4.69, 9.17) is 9.47 Å². The molecule has 0 aromatic heterocycles. The van der Waals surface area contributed by atoms with E-state index in [1.807, 2.05) is 0 Å². The first kappa shape index (κ1) is 31.1. The summed E-state index contributed by atoms with van der Waals surface area (Å²) in [4.78, 5) is 11.8. The predicted molar refractivity (Wildman–Crippen MR) is 145 cm³/mol. The lowest BCUT2D eigenvalue weighted by atomic mass is 10.0. The van der Waals surface area contributed by atoms with Gasteiger partial charge in [0.05, 0.1) is 19.3 Å². The molecule has 0 spiro atoms. The van der Waals surface area contributed by atoms with Gasteiger partial charge in [-0.25, -0.2) is 4.79 Å². The second-order valence-corrected chi connectivity index (χ2v) is 9.59. The number of carbonyl (C=O) groups excluding carboxylic acids is 1. The standard InChI is InChI=1S/C29H52N2O4/c1-3-4-5-6-7-8-9-10-11-12-13-14-15-16-17-26(2)34-24-22-30-29(33)31-23-25-35-28-20-18-27(32)19-21-28/h18-21,26,32H,3-17,22-25H2,1-2H3,(H2,30,31,33). The second kappa shape index (κ2) is 22.5. The third kappa shape index (κ3) is 20.0. The number of hydrogen-bond acceptors (Lipinski definition) is 4. The largest absolute Gasteiger partial charge is 0.508 e. The van der Waals surface area contributed by atoms with Gasteiger partial charge in [-0.15, -0.1) is 0 Å². The Labute approximate surface area is 214 Å². The zero-order chi connectivity index (χ0) is 25.4. The van der Waals surface area contributed by atoms with Gasteiger partial charge in [0.1, 0.15) is 18.1 Å². The third-order valence-electron chi connectivity index (χ3n) is 6.25. The second-order valence-electron chi connectivity index (χ2n) is 9.59. The highest BCUT2D eigenvalue weighted by atomic mass is 16.5. The van der Waals surface area contributed by atoms with Crippen molar-refractivity contribution in [2.75, 3.05) is 26.3 Å². The fourth-order valence-electron chi connectivity index (χ4n) is 4.07. The van der Waals surface area contributed by atoms with Gasteiger partial charge in [0.15, 0.2) is 0 Å². The van der Waals surface area contributed by atoms with Crippen LogP contribution in [0.3, 0.4) is 0 Å². The van der Waals surface area contributed by atoms with Gasteiger partial charge in [0, 0.05) is 6.54 Å². The number of phenols is 1. The van der Waals surface area contributed by atoms with Gasteiger partial charge in [-0.3, -0.25) is 0 Å². The smallest absolute Gasteiger partial charge is 0.314 e. The van der Waals surface area contributed by atoms with E-state index >= 15 is 0 Å². The van der Waals surface area contributed by atoms with E-state index in [9.17, 15) is 9.90 Å². The van der Waals surface area contributed by atoms with Crippen molar-refractivity contribution in [2.24, 2.45) is 0 Å². The third-order valence-corrected chi connectivity index (χ3v) is 6.25. The normalized spacial score (nSPS) is 11.8. The van der Waals surface area contributed by atoms with Crippen molar-refractivity contribution in [3.63, 3.8) is 0 Å². The predicted octanol–water partition coefficient (Wildman–Crippen LogP) is 7.35. The van der Waals surface area contributed by atoms with Gasteiger partial charge in [-0.2, -0.15) is 0 Å². The fourth-order valence-corrected chi connectivity index (χ4v) is 4.07. The fraction of sp³-hybridized carbons (Fsp3) is 0.759. The van der Waals surface area contributed by atoms with Crippen LogP contribution < -0.4 is 15.4 Å². The summed E-state index contributed by atoms with van der Waals surface area (Å²) in [6, 6.07) is 6.29. The number of carbonyl (C=O) groups is 1. The maximum atomic E-state index is 11.8. The van der Waals surface area contributed by atoms with E-state index in [-0.39, 0.29) is 17.9 Å². The Morgan fingerprint density at radius 1 is 0.771 bits per heavy atom. The molecule has 2 amide bonds. The van der Waals surface area contributed by atoms with Gasteiger partial charge in [-0.1, -0.05) is 96.8 Å². The number of hydrogen-bond donors (Lipinski definition) is 3. The summed E-state index contributed by atoms with van der Waals surface area (Å²) in [5.41, 5.74) is 0. The Kier molecular flexibility index (Phi) is 20.0. The van der Waals surface area contributed by atoms with Crippen LogP contribution in [0.15, 0.2) is 24.3 Å². The van der Waals surface area contributed by atoms with E-state index in [1.165, 1.54) is 89.9 Å². The van der Waals surface area contributed by atoms with Crippen LogP contribution in [0.25, 0.3) is 0 Å². The van der Waals surface area contributed by atoms with Crippen LogP contribution in [0.5, 0.6) is 11.5 Å². The van der Waals surface area contributed by atoms with Crippen molar-refractivity contribution in [3.05, 3.63) is 24.3 Å². The summed E-state index contributed by atoms with van der Waals surface area (Å²) in [7, 11) is 0. The van der Waals surface area contributed by atoms with Crippen LogP contribution in [-0.4, -0.2) is 43.5 Å². The number of phenolic OH excluding ortho intramolecular Hbond substituents is 1. The Balaban J connectivity index is 1.81. The molecule has 202 valence electrons. The van der Waals surface area contributed by atoms with Crippen LogP contribution in [0.2, 0.25) is 0 Å². The molecule has 0 aliphatic rings. The number of amides is 2. The minimum absolute atomic E-state index is 0.200. The molecule has 6 nitrogen and oxygen atoms in total. The van der Waals surface area contributed by atoms with Gasteiger partial charge in [0.2, 0.25) is 0 Å². The van der Waals surface area contributed by atoms with Crippen molar-refractivity contribution in [2.45, 2.75) is 116 Å². The first-order valence-corrected chi connectivity index (χ1v) is 14.2. The van der Waals surface area contributed by atoms with Crippen molar-refractivity contribution in [1.29, 1.82) is 0 Å². The van der Waals surface area contributed by atoms with Gasteiger partial charge >= 0.3 is 6.03 Å². The van der Waals surface area contributed by atoms with E-state index in [2.05, 4.69) is 24.5 Å². The number of rotatable bonds is 23. The lowest BCUT2D eigenvalue weighted by molar-refractivity contribution is 0.0613. The Morgan fingerprint density at radius 3 is 1.80 bits per heavy atom. The molecule has 0 radical (unpaired) electrons. The highest BCUT2D eigenvalue weighted by Crippen LogP contribution is 2.16. The zero-order valence-electron chi connectivity index (χ0n) is 22.5. The van der Waals surface area contributed by atoms with Crippen molar-refractivity contribution >= 4 is 6.03 Å². The van der Waals surface area contributed by atoms with Crippen LogP contribution in [0, 0.1) is 0 Å². The maximum Gasteiger partial charge on any atom is 0.314 e. The van der Waals surface area contributed by atoms with Gasteiger partial charge < -0.3 is 25.2 Å². The molecule has 0 fully saturated rings. The molecular weight excluding hydrogens is 440 g/mol. The Morgan fingerprint density at radius 2 is 1.26 bits per heavy atom. The average Bonchev–Trinajstić information content (AvgIpc) is 2.86. The molecule has 1 atom stereocenters. The molecule has 0 aliphatic heterocycles. The molecule has 0 bridgehead atoms. The molecule has 1 rings (SSSR count). The number of urea groups is 1. The van der Waals surface area contributed by atoms with Crippen molar-refractivity contribution in [3.8, 4) is 11.5 Å². The van der Waals surface area contributed by atoms with E-state index in [0.29, 0.717) is 32.1 Å². The monoisotopic (exact) mass is 492 g/mol. The Bertz CT molecular complexity index is 609. The van der Waals surface area contributed by atoms with E-state index in [1.54, 1.807) is 24.3 Å². The first-order chi connectivity index (χ1) is 17.1. The van der Waals surface area contributed by atoms with Crippen LogP contribution in [-0.2, 0) is 4.74 Å². The number of aromatic hydroxyl groups is 1. The quantitative estimate of drug-likeness (QED) is 0.140. The summed E-state index contributed by atoms with van der Waals surface area (Å²) >= 11 is 0. The molecule has 1 aromatic carbocycles. The summed E-state index contributed by atoms with van der Waals surface area (Å²) in [6.07, 6.45) is 20.6. The molecule has 35 heavy (non-hydrogen) atoms. The van der Waals surface area contributed by atoms with E-state index in [0.717, 1.165) is 6.42 Å². The van der Waals surface area contributed by atoms with Crippen LogP contribution in [0.1, 0.15) is 110 Å². The van der Waals surface area contributed by atoms with Crippen molar-refractivity contribution in [1.82, 2.24) is 10.6 Å². The summed E-state index contributed by atoms with van der Waals surface area (Å²) in [5, 5.41) is 14.8. The lowest BCUT2D eigenvalue weighted by Crippen LogP contribution is -2.39. The van der Waals surface area contributed by atoms with Gasteiger partial charge in [0.25, 0.3) is 0 Å². The lowest BCUT2D eigenvalue weighted by Gasteiger charge is -2.14. The number of benzene rings is 1. The van der Waals surface area contributed by atoms with Crippen LogP contribution >= 0.6 is 0 Å². The van der Waals surface area contributed by atoms with Crippen LogP contribution in [0.4, 0.5) is 4.79 Å². The van der Waals surface area contributed by atoms with E-state index < -0.39 is 0 Å². The molecule has 6 heteroatoms. The minimum atomic E-state index is -0.220. The molecule has 0 saturated carbocycles. The molecule has 0 saturated heterocycles. The Hall–Kier alpha value is -1.95. The summed E-state index contributed by atoms with van der Waals surface area (Å²) in [6.45, 7) is 6.18. The highest BCUT2D eigenvalue weighted by molar-refractivity contribution is 5.73. The minimum Gasteiger partial charge on any atom is -0.508 e. The molecular formula is C29H52N2O4. The van der Waals surface area contributed by atoms with Gasteiger partial charge in [-0.05, 0) is 37.6 Å². The average molecular weight is 493 g/mol.